The molecule has 0 amide bonds. The van der Waals surface area contributed by atoms with Crippen LogP contribution in [0.5, 0.6) is 5.75 Å². The van der Waals surface area contributed by atoms with Crippen molar-refractivity contribution >= 4 is 0 Å². The van der Waals surface area contributed by atoms with E-state index >= 15 is 0 Å². The Balaban J connectivity index is 2.19. The molecule has 88 valence electrons. The van der Waals surface area contributed by atoms with Gasteiger partial charge in [0.25, 0.3) is 0 Å². The summed E-state index contributed by atoms with van der Waals surface area (Å²) in [5.41, 5.74) is 0.660. The number of halogens is 1. The summed E-state index contributed by atoms with van der Waals surface area (Å²) in [7, 11) is 0. The Labute approximate surface area is 95.1 Å². The third kappa shape index (κ3) is 2.53. The minimum Gasteiger partial charge on any atom is -0.490 e. The van der Waals surface area contributed by atoms with Gasteiger partial charge in [-0.15, -0.1) is 0 Å². The van der Waals surface area contributed by atoms with Gasteiger partial charge < -0.3 is 9.84 Å². The van der Waals surface area contributed by atoms with E-state index in [1.54, 1.807) is 13.0 Å². The molecule has 1 aromatic rings. The maximum absolute atomic E-state index is 13.1. The van der Waals surface area contributed by atoms with E-state index in [2.05, 4.69) is 0 Å². The molecule has 0 bridgehead atoms. The van der Waals surface area contributed by atoms with Crippen LogP contribution >= 0.6 is 0 Å². The van der Waals surface area contributed by atoms with E-state index < -0.39 is 6.10 Å². The van der Waals surface area contributed by atoms with Crippen LogP contribution in [0.25, 0.3) is 0 Å². The zero-order chi connectivity index (χ0) is 11.5. The molecule has 1 aromatic carbocycles. The summed E-state index contributed by atoms with van der Waals surface area (Å²) in [5.74, 6) is 0.166. The molecule has 3 heteroatoms. The van der Waals surface area contributed by atoms with E-state index in [1.165, 1.54) is 25.0 Å². The topological polar surface area (TPSA) is 29.5 Å². The van der Waals surface area contributed by atoms with E-state index in [0.29, 0.717) is 11.3 Å². The second-order valence-corrected chi connectivity index (χ2v) is 4.38. The van der Waals surface area contributed by atoms with Crippen molar-refractivity contribution in [1.29, 1.82) is 0 Å². The average molecular weight is 224 g/mol. The quantitative estimate of drug-likeness (QED) is 0.854. The highest BCUT2D eigenvalue weighted by atomic mass is 19.1. The molecule has 1 atom stereocenters. The highest BCUT2D eigenvalue weighted by Crippen LogP contribution is 2.30. The third-order valence-corrected chi connectivity index (χ3v) is 3.02. The van der Waals surface area contributed by atoms with Crippen LogP contribution in [0.2, 0.25) is 0 Å². The Hall–Kier alpha value is -1.09. The molecule has 2 rings (SSSR count). The molecule has 1 N–H and O–H groups in total. The average Bonchev–Trinajstić information content (AvgIpc) is 2.70. The first-order chi connectivity index (χ1) is 7.66. The van der Waals surface area contributed by atoms with Gasteiger partial charge in [-0.05, 0) is 44.7 Å². The third-order valence-electron chi connectivity index (χ3n) is 3.02. The number of benzene rings is 1. The molecule has 0 aliphatic heterocycles. The number of hydrogen-bond donors (Lipinski definition) is 1. The first-order valence-corrected chi connectivity index (χ1v) is 5.81. The predicted octanol–water partition coefficient (Wildman–Crippen LogP) is 3.20. The Morgan fingerprint density at radius 1 is 1.38 bits per heavy atom. The van der Waals surface area contributed by atoms with E-state index in [4.69, 9.17) is 4.74 Å². The van der Waals surface area contributed by atoms with Gasteiger partial charge in [-0.3, -0.25) is 0 Å². The van der Waals surface area contributed by atoms with Crippen LogP contribution in [0.1, 0.15) is 44.3 Å². The van der Waals surface area contributed by atoms with Gasteiger partial charge in [0.1, 0.15) is 11.6 Å². The fourth-order valence-electron chi connectivity index (χ4n) is 2.14. The zero-order valence-corrected chi connectivity index (χ0v) is 9.45. The maximum Gasteiger partial charge on any atom is 0.128 e. The van der Waals surface area contributed by atoms with E-state index in [9.17, 15) is 9.50 Å². The number of aliphatic hydroxyl groups is 1. The lowest BCUT2D eigenvalue weighted by Gasteiger charge is -2.17. The Kier molecular flexibility index (Phi) is 3.44. The van der Waals surface area contributed by atoms with Gasteiger partial charge in [0.2, 0.25) is 0 Å². The highest BCUT2D eigenvalue weighted by molar-refractivity contribution is 5.35. The molecule has 0 unspecified atom stereocenters. The molecule has 0 spiro atoms. The van der Waals surface area contributed by atoms with Crippen LogP contribution < -0.4 is 4.74 Å². The normalized spacial score (nSPS) is 18.7. The Morgan fingerprint density at radius 2 is 2.06 bits per heavy atom. The second kappa shape index (κ2) is 4.83. The van der Waals surface area contributed by atoms with Crippen molar-refractivity contribution in [1.82, 2.24) is 0 Å². The molecule has 1 fully saturated rings. The molecule has 1 saturated carbocycles. The maximum atomic E-state index is 13.1. The summed E-state index contributed by atoms with van der Waals surface area (Å²) in [6.07, 6.45) is 3.94. The summed E-state index contributed by atoms with van der Waals surface area (Å²) in [4.78, 5) is 0. The molecule has 1 aliphatic rings. The lowest BCUT2D eigenvalue weighted by molar-refractivity contribution is 0.173. The van der Waals surface area contributed by atoms with Crippen LogP contribution in [0, 0.1) is 5.82 Å². The minimum absolute atomic E-state index is 0.180. The van der Waals surface area contributed by atoms with E-state index in [-0.39, 0.29) is 11.9 Å². The summed E-state index contributed by atoms with van der Waals surface area (Å²) in [5, 5.41) is 9.57. The largest absolute Gasteiger partial charge is 0.490 e. The van der Waals surface area contributed by atoms with Crippen molar-refractivity contribution in [2.24, 2.45) is 0 Å². The van der Waals surface area contributed by atoms with Gasteiger partial charge in [0, 0.05) is 11.6 Å². The number of rotatable bonds is 3. The van der Waals surface area contributed by atoms with Crippen LogP contribution in [-0.4, -0.2) is 11.2 Å². The van der Waals surface area contributed by atoms with Crippen molar-refractivity contribution in [2.75, 3.05) is 0 Å². The Bertz CT molecular complexity index is 357. The second-order valence-electron chi connectivity index (χ2n) is 4.38. The van der Waals surface area contributed by atoms with Crippen molar-refractivity contribution in [2.45, 2.75) is 44.8 Å². The van der Waals surface area contributed by atoms with Gasteiger partial charge in [0.15, 0.2) is 0 Å². The van der Waals surface area contributed by atoms with Crippen LogP contribution in [-0.2, 0) is 0 Å². The number of hydrogen-bond acceptors (Lipinski definition) is 2. The summed E-state index contributed by atoms with van der Waals surface area (Å²) >= 11 is 0. The fraction of sp³-hybridized carbons (Fsp3) is 0.538. The van der Waals surface area contributed by atoms with Gasteiger partial charge in [-0.25, -0.2) is 4.39 Å². The molecule has 2 nitrogen and oxygen atoms in total. The molecule has 16 heavy (non-hydrogen) atoms. The first kappa shape index (κ1) is 11.4. The van der Waals surface area contributed by atoms with Crippen LogP contribution in [0.4, 0.5) is 4.39 Å². The smallest absolute Gasteiger partial charge is 0.128 e. The minimum atomic E-state index is -0.628. The number of ether oxygens (including phenoxy) is 1. The molecule has 1 aliphatic carbocycles. The van der Waals surface area contributed by atoms with E-state index in [0.717, 1.165) is 12.8 Å². The standard InChI is InChI=1S/C13H17FO2/c1-9(15)12-7-6-10(14)8-13(12)16-11-4-2-3-5-11/h6-9,11,15H,2-5H2,1H3/t9-/m0/s1. The summed E-state index contributed by atoms with van der Waals surface area (Å²) in [6, 6.07) is 4.30. The first-order valence-electron chi connectivity index (χ1n) is 5.81. The van der Waals surface area contributed by atoms with Crippen molar-refractivity contribution in [3.63, 3.8) is 0 Å². The van der Waals surface area contributed by atoms with Crippen molar-refractivity contribution in [3.05, 3.63) is 29.6 Å². The monoisotopic (exact) mass is 224 g/mol. The van der Waals surface area contributed by atoms with E-state index in [1.807, 2.05) is 0 Å². The molecule has 0 heterocycles. The van der Waals surface area contributed by atoms with Gasteiger partial charge in [-0.2, -0.15) is 0 Å². The molecular weight excluding hydrogens is 207 g/mol. The SMILES string of the molecule is C[C@H](O)c1ccc(F)cc1OC1CCCC1. The predicted molar refractivity (Wildman–Crippen MR) is 59.9 cm³/mol. The van der Waals surface area contributed by atoms with Gasteiger partial charge in [0.05, 0.1) is 12.2 Å². The van der Waals surface area contributed by atoms with Crippen LogP contribution in [0.15, 0.2) is 18.2 Å². The lowest BCUT2D eigenvalue weighted by atomic mass is 10.1. The number of aliphatic hydroxyl groups excluding tert-OH is 1. The summed E-state index contributed by atoms with van der Waals surface area (Å²) < 4.78 is 18.9. The zero-order valence-electron chi connectivity index (χ0n) is 9.45. The highest BCUT2D eigenvalue weighted by Gasteiger charge is 2.19. The molecule has 0 saturated heterocycles. The fourth-order valence-corrected chi connectivity index (χ4v) is 2.14. The summed E-state index contributed by atoms with van der Waals surface area (Å²) in [6.45, 7) is 1.66. The van der Waals surface area contributed by atoms with Gasteiger partial charge in [-0.1, -0.05) is 0 Å². The van der Waals surface area contributed by atoms with Crippen LogP contribution in [0.3, 0.4) is 0 Å². The molecular formula is C13H17FO2. The Morgan fingerprint density at radius 3 is 2.69 bits per heavy atom. The van der Waals surface area contributed by atoms with Crippen molar-refractivity contribution in [3.8, 4) is 5.75 Å². The van der Waals surface area contributed by atoms with Gasteiger partial charge >= 0.3 is 0 Å². The lowest BCUT2D eigenvalue weighted by Crippen LogP contribution is -2.13. The molecule has 0 aromatic heterocycles. The molecule has 0 radical (unpaired) electrons. The van der Waals surface area contributed by atoms with Crippen molar-refractivity contribution < 1.29 is 14.2 Å².